The molecule has 0 unspecified atom stereocenters. The molecule has 0 aliphatic carbocycles. The van der Waals surface area contributed by atoms with E-state index in [1.54, 1.807) is 0 Å². The molecule has 0 atom stereocenters. The van der Waals surface area contributed by atoms with E-state index in [1.807, 2.05) is 24.3 Å². The maximum atomic E-state index is 12.8. The molecule has 0 fully saturated rings. The Bertz CT molecular complexity index is 792. The van der Waals surface area contributed by atoms with E-state index < -0.39 is 17.8 Å². The van der Waals surface area contributed by atoms with Crippen LogP contribution in [0.4, 0.5) is 14.9 Å². The van der Waals surface area contributed by atoms with Crippen molar-refractivity contribution in [1.82, 2.24) is 10.7 Å². The van der Waals surface area contributed by atoms with E-state index in [2.05, 4.69) is 28.1 Å². The highest BCUT2D eigenvalue weighted by Crippen LogP contribution is 2.11. The molecule has 0 bridgehead atoms. The smallest absolute Gasteiger partial charge is 0.319 e. The van der Waals surface area contributed by atoms with Gasteiger partial charge in [0.15, 0.2) is 0 Å². The van der Waals surface area contributed by atoms with Crippen LogP contribution in [-0.4, -0.2) is 31.3 Å². The summed E-state index contributed by atoms with van der Waals surface area (Å²) >= 11 is 0. The van der Waals surface area contributed by atoms with Crippen molar-refractivity contribution in [1.29, 1.82) is 0 Å². The molecule has 2 rings (SSSR count). The molecular weight excluding hydrogens is 363 g/mol. The van der Waals surface area contributed by atoms with Crippen molar-refractivity contribution in [2.24, 2.45) is 5.10 Å². The van der Waals surface area contributed by atoms with E-state index in [0.717, 1.165) is 24.2 Å². The second-order valence-electron chi connectivity index (χ2n) is 5.88. The number of unbranched alkanes of at least 4 members (excludes halogenated alkanes) is 1. The molecule has 0 radical (unpaired) electrons. The Morgan fingerprint density at radius 1 is 1.11 bits per heavy atom. The van der Waals surface area contributed by atoms with Gasteiger partial charge >= 0.3 is 6.03 Å². The summed E-state index contributed by atoms with van der Waals surface area (Å²) in [6.07, 6.45) is 3.57. The minimum absolute atomic E-state index is 0.255. The number of halogens is 1. The molecule has 2 aromatic rings. The van der Waals surface area contributed by atoms with Gasteiger partial charge in [0.25, 0.3) is 5.91 Å². The van der Waals surface area contributed by atoms with Gasteiger partial charge in [-0.3, -0.25) is 4.79 Å². The van der Waals surface area contributed by atoms with E-state index in [9.17, 15) is 14.0 Å². The number of hydrogen-bond donors (Lipinski definition) is 3. The van der Waals surface area contributed by atoms with Gasteiger partial charge in [-0.15, -0.1) is 0 Å². The van der Waals surface area contributed by atoms with Gasteiger partial charge < -0.3 is 15.4 Å². The lowest BCUT2D eigenvalue weighted by atomic mass is 10.2. The Kier molecular flexibility index (Phi) is 8.45. The first-order chi connectivity index (χ1) is 13.6. The predicted molar refractivity (Wildman–Crippen MR) is 106 cm³/mol. The number of nitrogens with zero attached hydrogens (tertiary/aromatic N) is 1. The summed E-state index contributed by atoms with van der Waals surface area (Å²) in [7, 11) is 0. The van der Waals surface area contributed by atoms with Crippen molar-refractivity contribution >= 4 is 23.8 Å². The van der Waals surface area contributed by atoms with Crippen LogP contribution in [0.2, 0.25) is 0 Å². The van der Waals surface area contributed by atoms with Crippen LogP contribution in [0.25, 0.3) is 0 Å². The lowest BCUT2D eigenvalue weighted by molar-refractivity contribution is -0.120. The van der Waals surface area contributed by atoms with Gasteiger partial charge in [0, 0.05) is 5.69 Å². The van der Waals surface area contributed by atoms with Crippen LogP contribution >= 0.6 is 0 Å². The number of carbonyl (C=O) groups excluding carboxylic acids is 2. The molecule has 8 heteroatoms. The molecule has 0 aliphatic rings. The number of amides is 3. The molecule has 7 nitrogen and oxygen atoms in total. The van der Waals surface area contributed by atoms with Crippen LogP contribution in [-0.2, 0) is 4.79 Å². The van der Waals surface area contributed by atoms with E-state index in [-0.39, 0.29) is 6.54 Å². The molecule has 3 N–H and O–H groups in total. The number of rotatable bonds is 9. The van der Waals surface area contributed by atoms with E-state index in [1.165, 1.54) is 30.5 Å². The fourth-order valence-electron chi connectivity index (χ4n) is 2.07. The van der Waals surface area contributed by atoms with Crippen molar-refractivity contribution in [2.45, 2.75) is 19.8 Å². The van der Waals surface area contributed by atoms with Crippen molar-refractivity contribution in [3.63, 3.8) is 0 Å². The minimum atomic E-state index is -0.579. The van der Waals surface area contributed by atoms with Gasteiger partial charge in [-0.1, -0.05) is 13.3 Å². The summed E-state index contributed by atoms with van der Waals surface area (Å²) < 4.78 is 18.4. The highest BCUT2D eigenvalue weighted by atomic mass is 19.1. The second-order valence-corrected chi connectivity index (χ2v) is 5.88. The summed E-state index contributed by atoms with van der Waals surface area (Å²) in [5.41, 5.74) is 3.53. The van der Waals surface area contributed by atoms with Crippen molar-refractivity contribution in [2.75, 3.05) is 18.5 Å². The number of nitrogens with one attached hydrogen (secondary N) is 3. The number of ether oxygens (including phenoxy) is 1. The lowest BCUT2D eigenvalue weighted by Gasteiger charge is -2.07. The number of anilines is 1. The Morgan fingerprint density at radius 2 is 1.82 bits per heavy atom. The fourth-order valence-corrected chi connectivity index (χ4v) is 2.07. The third-order valence-electron chi connectivity index (χ3n) is 3.56. The largest absolute Gasteiger partial charge is 0.494 e. The van der Waals surface area contributed by atoms with Gasteiger partial charge in [0.05, 0.1) is 12.8 Å². The Labute approximate surface area is 163 Å². The molecule has 0 saturated carbocycles. The number of urea groups is 1. The molecule has 2 aromatic carbocycles. The van der Waals surface area contributed by atoms with Crippen LogP contribution in [0, 0.1) is 5.82 Å². The first kappa shape index (κ1) is 20.9. The first-order valence-electron chi connectivity index (χ1n) is 8.92. The van der Waals surface area contributed by atoms with Gasteiger partial charge in [-0.2, -0.15) is 5.10 Å². The number of carbonyl (C=O) groups is 2. The zero-order chi connectivity index (χ0) is 20.2. The molecule has 28 heavy (non-hydrogen) atoms. The highest BCUT2D eigenvalue weighted by Gasteiger charge is 2.05. The third-order valence-corrected chi connectivity index (χ3v) is 3.56. The average molecular weight is 386 g/mol. The monoisotopic (exact) mass is 386 g/mol. The SMILES string of the molecule is CCCCOc1ccc(C=NNC(=O)CNC(=O)Nc2ccc(F)cc2)cc1. The van der Waals surface area contributed by atoms with Gasteiger partial charge in [-0.25, -0.2) is 14.6 Å². The normalized spacial score (nSPS) is 10.5. The molecule has 0 spiro atoms. The summed E-state index contributed by atoms with van der Waals surface area (Å²) in [6, 6.07) is 12.0. The molecule has 0 aromatic heterocycles. The van der Waals surface area contributed by atoms with Crippen molar-refractivity contribution in [3.8, 4) is 5.75 Å². The molecule has 0 aliphatic heterocycles. The number of benzene rings is 2. The molecule has 0 saturated heterocycles. The van der Waals surface area contributed by atoms with Crippen molar-refractivity contribution in [3.05, 3.63) is 59.9 Å². The highest BCUT2D eigenvalue weighted by molar-refractivity contribution is 5.92. The van der Waals surface area contributed by atoms with Crippen LogP contribution in [0.15, 0.2) is 53.6 Å². The second kappa shape index (κ2) is 11.3. The maximum Gasteiger partial charge on any atom is 0.319 e. The number of hydrazone groups is 1. The van der Waals surface area contributed by atoms with E-state index in [4.69, 9.17) is 4.74 Å². The lowest BCUT2D eigenvalue weighted by Crippen LogP contribution is -2.37. The fraction of sp³-hybridized carbons (Fsp3) is 0.250. The van der Waals surface area contributed by atoms with Gasteiger partial charge in [0.2, 0.25) is 0 Å². The Balaban J connectivity index is 1.68. The summed E-state index contributed by atoms with van der Waals surface area (Å²) in [5.74, 6) is -0.0992. The van der Waals surface area contributed by atoms with Crippen LogP contribution in [0.5, 0.6) is 5.75 Å². The topological polar surface area (TPSA) is 91.8 Å². The standard InChI is InChI=1S/C20H23FN4O3/c1-2-3-12-28-18-10-4-15(5-11-18)13-23-25-19(26)14-22-20(27)24-17-8-6-16(21)7-9-17/h4-11,13H,2-3,12,14H2,1H3,(H,25,26)(H2,22,24,27). The van der Waals surface area contributed by atoms with Crippen LogP contribution < -0.4 is 20.8 Å². The van der Waals surface area contributed by atoms with Gasteiger partial charge in [-0.05, 0) is 60.5 Å². The van der Waals surface area contributed by atoms with E-state index >= 15 is 0 Å². The van der Waals surface area contributed by atoms with Crippen LogP contribution in [0.1, 0.15) is 25.3 Å². The zero-order valence-electron chi connectivity index (χ0n) is 15.6. The third kappa shape index (κ3) is 7.86. The molecule has 3 amide bonds. The Hall–Kier alpha value is -3.42. The van der Waals surface area contributed by atoms with Gasteiger partial charge in [0.1, 0.15) is 18.1 Å². The number of hydrogen-bond acceptors (Lipinski definition) is 4. The summed E-state index contributed by atoms with van der Waals surface area (Å²) in [5, 5.41) is 8.70. The minimum Gasteiger partial charge on any atom is -0.494 e. The quantitative estimate of drug-likeness (QED) is 0.351. The average Bonchev–Trinajstić information content (AvgIpc) is 2.69. The summed E-state index contributed by atoms with van der Waals surface area (Å²) in [6.45, 7) is 2.53. The zero-order valence-corrected chi connectivity index (χ0v) is 15.6. The van der Waals surface area contributed by atoms with Crippen molar-refractivity contribution < 1.29 is 18.7 Å². The Morgan fingerprint density at radius 3 is 2.50 bits per heavy atom. The molecular formula is C20H23FN4O3. The predicted octanol–water partition coefficient (Wildman–Crippen LogP) is 3.28. The molecule has 148 valence electrons. The maximum absolute atomic E-state index is 12.8. The summed E-state index contributed by atoms with van der Waals surface area (Å²) in [4.78, 5) is 23.4. The van der Waals surface area contributed by atoms with Crippen LogP contribution in [0.3, 0.4) is 0 Å². The van der Waals surface area contributed by atoms with E-state index in [0.29, 0.717) is 12.3 Å². The first-order valence-corrected chi connectivity index (χ1v) is 8.92. The molecule has 0 heterocycles.